The highest BCUT2D eigenvalue weighted by atomic mass is 79.9. The van der Waals surface area contributed by atoms with Crippen LogP contribution in [0, 0.1) is 0 Å². The third-order valence-corrected chi connectivity index (χ3v) is 3.61. The molecule has 0 amide bonds. The Morgan fingerprint density at radius 3 is 2.11 bits per heavy atom. The highest BCUT2D eigenvalue weighted by molar-refractivity contribution is 9.10. The molecule has 2 rings (SSSR count). The van der Waals surface area contributed by atoms with Gasteiger partial charge in [-0.25, -0.2) is 0 Å². The third kappa shape index (κ3) is 3.13. The lowest BCUT2D eigenvalue weighted by molar-refractivity contribution is 0.103. The molecule has 0 N–H and O–H groups in total. The maximum atomic E-state index is 12.6. The number of rotatable bonds is 2. The molecule has 0 aliphatic rings. The summed E-state index contributed by atoms with van der Waals surface area (Å²) in [5.74, 6) is 0.0815. The number of hydrogen-bond acceptors (Lipinski definition) is 1. The third-order valence-electron chi connectivity index (χ3n) is 3.09. The van der Waals surface area contributed by atoms with Gasteiger partial charge in [-0.15, -0.1) is 0 Å². The molecule has 0 radical (unpaired) electrons. The van der Waals surface area contributed by atoms with E-state index in [9.17, 15) is 4.79 Å². The molecule has 0 heterocycles. The molecule has 0 bridgehead atoms. The maximum Gasteiger partial charge on any atom is 0.193 e. The number of carbonyl (C=O) groups is 1. The van der Waals surface area contributed by atoms with Gasteiger partial charge in [0.05, 0.1) is 0 Å². The van der Waals surface area contributed by atoms with Crippen molar-refractivity contribution in [1.82, 2.24) is 0 Å². The quantitative estimate of drug-likeness (QED) is 0.714. The fourth-order valence-corrected chi connectivity index (χ4v) is 2.36. The molecule has 0 unspecified atom stereocenters. The minimum atomic E-state index is -0.0401. The number of hydrogen-bond donors (Lipinski definition) is 0. The van der Waals surface area contributed by atoms with E-state index in [0.717, 1.165) is 21.2 Å². The van der Waals surface area contributed by atoms with E-state index in [0.29, 0.717) is 0 Å². The maximum absolute atomic E-state index is 12.6. The van der Waals surface area contributed by atoms with Gasteiger partial charge >= 0.3 is 0 Å². The topological polar surface area (TPSA) is 17.1 Å². The summed E-state index contributed by atoms with van der Waals surface area (Å²) in [5.41, 5.74) is 2.56. The molecule has 19 heavy (non-hydrogen) atoms. The van der Waals surface area contributed by atoms with Gasteiger partial charge in [0, 0.05) is 15.6 Å². The van der Waals surface area contributed by atoms with Gasteiger partial charge in [0.15, 0.2) is 5.78 Å². The molecule has 0 aromatic heterocycles. The zero-order chi connectivity index (χ0) is 14.0. The van der Waals surface area contributed by atoms with Crippen LogP contribution >= 0.6 is 15.9 Å². The molecule has 2 heteroatoms. The van der Waals surface area contributed by atoms with Crippen LogP contribution < -0.4 is 0 Å². The van der Waals surface area contributed by atoms with E-state index in [1.165, 1.54) is 0 Å². The summed E-state index contributed by atoms with van der Waals surface area (Å²) < 4.78 is 0.980. The molecule has 0 atom stereocenters. The first-order chi connectivity index (χ1) is 8.89. The Hall–Kier alpha value is -1.41. The molecular weight excluding hydrogens is 300 g/mol. The van der Waals surface area contributed by atoms with E-state index >= 15 is 0 Å². The van der Waals surface area contributed by atoms with Gasteiger partial charge in [0.25, 0.3) is 0 Å². The molecule has 2 aromatic carbocycles. The molecule has 0 spiro atoms. The monoisotopic (exact) mass is 316 g/mol. The highest BCUT2D eigenvalue weighted by Gasteiger charge is 2.21. The minimum Gasteiger partial charge on any atom is -0.289 e. The SMILES string of the molecule is CC(C)(C)c1ccccc1C(=O)c1ccc(Br)cc1. The van der Waals surface area contributed by atoms with Crippen molar-refractivity contribution >= 4 is 21.7 Å². The van der Waals surface area contributed by atoms with E-state index in [-0.39, 0.29) is 11.2 Å². The average Bonchev–Trinajstić information content (AvgIpc) is 2.38. The van der Waals surface area contributed by atoms with Crippen molar-refractivity contribution in [2.45, 2.75) is 26.2 Å². The molecule has 0 saturated carbocycles. The van der Waals surface area contributed by atoms with Gasteiger partial charge in [0.2, 0.25) is 0 Å². The van der Waals surface area contributed by atoms with E-state index in [2.05, 4.69) is 36.7 Å². The van der Waals surface area contributed by atoms with Gasteiger partial charge in [-0.2, -0.15) is 0 Å². The Morgan fingerprint density at radius 1 is 0.947 bits per heavy atom. The van der Waals surface area contributed by atoms with Crippen molar-refractivity contribution in [3.8, 4) is 0 Å². The van der Waals surface area contributed by atoms with E-state index in [4.69, 9.17) is 0 Å². The summed E-state index contributed by atoms with van der Waals surface area (Å²) in [4.78, 5) is 12.6. The lowest BCUT2D eigenvalue weighted by atomic mass is 9.82. The van der Waals surface area contributed by atoms with E-state index in [1.807, 2.05) is 48.5 Å². The van der Waals surface area contributed by atoms with Gasteiger partial charge in [-0.05, 0) is 35.2 Å². The fraction of sp³-hybridized carbons (Fsp3) is 0.235. The molecule has 0 fully saturated rings. The summed E-state index contributed by atoms with van der Waals surface area (Å²) in [6.45, 7) is 6.38. The molecule has 1 nitrogen and oxygen atoms in total. The van der Waals surface area contributed by atoms with Crippen molar-refractivity contribution < 1.29 is 4.79 Å². The largest absolute Gasteiger partial charge is 0.289 e. The summed E-state index contributed by atoms with van der Waals surface area (Å²) in [6, 6.07) is 15.3. The van der Waals surface area contributed by atoms with Gasteiger partial charge in [0.1, 0.15) is 0 Å². The van der Waals surface area contributed by atoms with Crippen LogP contribution in [0.25, 0.3) is 0 Å². The first kappa shape index (κ1) is 14.0. The van der Waals surface area contributed by atoms with Gasteiger partial charge in [-0.1, -0.05) is 61.0 Å². The van der Waals surface area contributed by atoms with Crippen LogP contribution in [0.5, 0.6) is 0 Å². The summed E-state index contributed by atoms with van der Waals surface area (Å²) in [5, 5.41) is 0. The molecule has 0 saturated heterocycles. The zero-order valence-electron chi connectivity index (χ0n) is 11.4. The lowest BCUT2D eigenvalue weighted by Gasteiger charge is -2.22. The Bertz CT molecular complexity index is 591. The second-order valence-corrected chi connectivity index (χ2v) is 6.55. The zero-order valence-corrected chi connectivity index (χ0v) is 13.0. The normalized spacial score (nSPS) is 11.4. The second-order valence-electron chi connectivity index (χ2n) is 5.63. The smallest absolute Gasteiger partial charge is 0.193 e. The van der Waals surface area contributed by atoms with Crippen LogP contribution in [-0.4, -0.2) is 5.78 Å². The summed E-state index contributed by atoms with van der Waals surface area (Å²) in [6.07, 6.45) is 0. The van der Waals surface area contributed by atoms with Crippen molar-refractivity contribution in [2.75, 3.05) is 0 Å². The predicted octanol–water partition coefficient (Wildman–Crippen LogP) is 4.98. The molecule has 0 aliphatic carbocycles. The van der Waals surface area contributed by atoms with Crippen LogP contribution in [-0.2, 0) is 5.41 Å². The average molecular weight is 317 g/mol. The highest BCUT2D eigenvalue weighted by Crippen LogP contribution is 2.27. The minimum absolute atomic E-state index is 0.0401. The summed E-state index contributed by atoms with van der Waals surface area (Å²) >= 11 is 3.39. The van der Waals surface area contributed by atoms with Crippen molar-refractivity contribution in [1.29, 1.82) is 0 Å². The first-order valence-corrected chi connectivity index (χ1v) is 7.08. The summed E-state index contributed by atoms with van der Waals surface area (Å²) in [7, 11) is 0. The first-order valence-electron chi connectivity index (χ1n) is 6.29. The molecular formula is C17H17BrO. The van der Waals surface area contributed by atoms with Crippen LogP contribution in [0.3, 0.4) is 0 Å². The van der Waals surface area contributed by atoms with Crippen LogP contribution in [0.4, 0.5) is 0 Å². The standard InChI is InChI=1S/C17H17BrO/c1-17(2,3)15-7-5-4-6-14(15)16(19)12-8-10-13(18)11-9-12/h4-11H,1-3H3. The van der Waals surface area contributed by atoms with Crippen molar-refractivity contribution in [3.05, 3.63) is 69.7 Å². The van der Waals surface area contributed by atoms with Crippen LogP contribution in [0.2, 0.25) is 0 Å². The number of ketones is 1. The molecule has 2 aromatic rings. The van der Waals surface area contributed by atoms with Crippen molar-refractivity contribution in [3.63, 3.8) is 0 Å². The Kier molecular flexibility index (Phi) is 3.91. The molecule has 98 valence electrons. The number of benzene rings is 2. The van der Waals surface area contributed by atoms with Crippen LogP contribution in [0.1, 0.15) is 42.3 Å². The number of halogens is 1. The number of carbonyl (C=O) groups excluding carboxylic acids is 1. The van der Waals surface area contributed by atoms with Gasteiger partial charge in [-0.3, -0.25) is 4.79 Å². The van der Waals surface area contributed by atoms with E-state index < -0.39 is 0 Å². The van der Waals surface area contributed by atoms with Gasteiger partial charge < -0.3 is 0 Å². The van der Waals surface area contributed by atoms with Crippen LogP contribution in [0.15, 0.2) is 53.0 Å². The van der Waals surface area contributed by atoms with E-state index in [1.54, 1.807) is 0 Å². The fourth-order valence-electron chi connectivity index (χ4n) is 2.09. The second kappa shape index (κ2) is 5.30. The van der Waals surface area contributed by atoms with Crippen molar-refractivity contribution in [2.24, 2.45) is 0 Å². The Labute approximate surface area is 122 Å². The Morgan fingerprint density at radius 2 is 1.53 bits per heavy atom. The lowest BCUT2D eigenvalue weighted by Crippen LogP contribution is -2.17. The Balaban J connectivity index is 2.48. The predicted molar refractivity (Wildman–Crippen MR) is 82.7 cm³/mol. The molecule has 0 aliphatic heterocycles.